The van der Waals surface area contributed by atoms with Gasteiger partial charge in [0.15, 0.2) is 0 Å². The summed E-state index contributed by atoms with van der Waals surface area (Å²) in [6.07, 6.45) is 0.539. The number of fused-ring (bicyclic) bond motifs is 3. The van der Waals surface area contributed by atoms with Crippen LogP contribution in [0.3, 0.4) is 0 Å². The maximum absolute atomic E-state index is 13.1. The number of carbonyl (C=O) groups excluding carboxylic acids is 1. The van der Waals surface area contributed by atoms with Crippen molar-refractivity contribution in [2.24, 2.45) is 0 Å². The highest BCUT2D eigenvalue weighted by atomic mass is 16.5. The Morgan fingerprint density at radius 1 is 0.903 bits per heavy atom. The number of aryl methyl sites for hydroxylation is 1. The fraction of sp³-hybridized carbons (Fsp3) is 0.231. The summed E-state index contributed by atoms with van der Waals surface area (Å²) < 4.78 is 5.66. The van der Waals surface area contributed by atoms with Crippen LogP contribution in [0.5, 0.6) is 0 Å². The quantitative estimate of drug-likeness (QED) is 0.429. The van der Waals surface area contributed by atoms with Crippen molar-refractivity contribution in [2.45, 2.75) is 24.3 Å². The number of benzene rings is 3. The molecule has 3 aromatic rings. The van der Waals surface area contributed by atoms with E-state index in [-0.39, 0.29) is 18.9 Å². The van der Waals surface area contributed by atoms with E-state index >= 15 is 0 Å². The fourth-order valence-electron chi connectivity index (χ4n) is 4.33. The van der Waals surface area contributed by atoms with Gasteiger partial charge in [0.25, 0.3) is 0 Å². The van der Waals surface area contributed by atoms with E-state index in [1.165, 1.54) is 7.05 Å². The van der Waals surface area contributed by atoms with Crippen LogP contribution in [0.2, 0.25) is 0 Å². The SMILES string of the molecule is CNC(CCc1ccccc1)(C(=O)O)C(=O)OCC1c2ccccc2-c2ccccc21. The molecule has 1 aliphatic rings. The molecule has 0 saturated heterocycles. The van der Waals surface area contributed by atoms with Crippen molar-refractivity contribution in [3.8, 4) is 11.1 Å². The molecule has 0 saturated carbocycles. The smallest absolute Gasteiger partial charge is 0.338 e. The van der Waals surface area contributed by atoms with Gasteiger partial charge in [-0.25, -0.2) is 9.59 Å². The first-order valence-corrected chi connectivity index (χ1v) is 10.4. The predicted octanol–water partition coefficient (Wildman–Crippen LogP) is 4.02. The number of hydrogen-bond acceptors (Lipinski definition) is 4. The van der Waals surface area contributed by atoms with Crippen molar-refractivity contribution in [1.29, 1.82) is 0 Å². The molecule has 0 aliphatic heterocycles. The third kappa shape index (κ3) is 3.84. The molecule has 158 valence electrons. The highest BCUT2D eigenvalue weighted by Crippen LogP contribution is 2.44. The molecule has 2 N–H and O–H groups in total. The van der Waals surface area contributed by atoms with Crippen LogP contribution < -0.4 is 5.32 Å². The molecule has 0 heterocycles. The Bertz CT molecular complexity index is 1050. The van der Waals surface area contributed by atoms with Crippen LogP contribution in [-0.2, 0) is 20.7 Å². The lowest BCUT2D eigenvalue weighted by molar-refractivity contribution is -0.163. The molecule has 1 aliphatic carbocycles. The number of carbonyl (C=O) groups is 2. The zero-order chi connectivity index (χ0) is 21.8. The molecule has 0 fully saturated rings. The first-order valence-electron chi connectivity index (χ1n) is 10.4. The van der Waals surface area contributed by atoms with E-state index in [0.29, 0.717) is 6.42 Å². The van der Waals surface area contributed by atoms with Crippen molar-refractivity contribution in [2.75, 3.05) is 13.7 Å². The average Bonchev–Trinajstić information content (AvgIpc) is 3.12. The summed E-state index contributed by atoms with van der Waals surface area (Å²) in [5.41, 5.74) is 3.60. The molecule has 3 aromatic carbocycles. The average molecular weight is 415 g/mol. The molecule has 0 amide bonds. The van der Waals surface area contributed by atoms with Crippen LogP contribution in [0.4, 0.5) is 0 Å². The van der Waals surface area contributed by atoms with Gasteiger partial charge in [-0.1, -0.05) is 78.9 Å². The van der Waals surface area contributed by atoms with Gasteiger partial charge in [0, 0.05) is 5.92 Å². The number of nitrogens with one attached hydrogen (secondary N) is 1. The van der Waals surface area contributed by atoms with E-state index in [1.54, 1.807) is 0 Å². The largest absolute Gasteiger partial charge is 0.479 e. The Morgan fingerprint density at radius 3 is 2.00 bits per heavy atom. The molecule has 31 heavy (non-hydrogen) atoms. The Kier molecular flexibility index (Phi) is 5.87. The van der Waals surface area contributed by atoms with Crippen LogP contribution in [0.25, 0.3) is 11.1 Å². The molecule has 1 atom stereocenters. The third-order valence-electron chi connectivity index (χ3n) is 6.12. The second-order valence-corrected chi connectivity index (χ2v) is 7.77. The van der Waals surface area contributed by atoms with Crippen molar-refractivity contribution < 1.29 is 19.4 Å². The number of esters is 1. The Labute approximate surface area is 181 Å². The molecular weight excluding hydrogens is 390 g/mol. The van der Waals surface area contributed by atoms with Gasteiger partial charge in [-0.15, -0.1) is 0 Å². The summed E-state index contributed by atoms with van der Waals surface area (Å²) >= 11 is 0. The lowest BCUT2D eigenvalue weighted by atomic mass is 9.91. The number of rotatable bonds is 8. The van der Waals surface area contributed by atoms with E-state index in [2.05, 4.69) is 17.4 Å². The summed E-state index contributed by atoms with van der Waals surface area (Å²) in [6.45, 7) is 0.0922. The first kappa shape index (κ1) is 20.8. The standard InChI is InChI=1S/C26H25NO4/c1-27-26(24(28)29,16-15-18-9-3-2-4-10-18)25(30)31-17-23-21-13-7-5-11-19(21)20-12-6-8-14-22(20)23/h2-14,23,27H,15-17H2,1H3,(H,28,29). The summed E-state index contributed by atoms with van der Waals surface area (Å²) in [5.74, 6) is -2.11. The normalized spacial score (nSPS) is 14.4. The lowest BCUT2D eigenvalue weighted by Gasteiger charge is -2.27. The Hall–Kier alpha value is -3.44. The molecule has 0 radical (unpaired) electrons. The molecule has 0 spiro atoms. The summed E-state index contributed by atoms with van der Waals surface area (Å²) in [5, 5.41) is 12.6. The van der Waals surface area contributed by atoms with Crippen molar-refractivity contribution in [1.82, 2.24) is 5.32 Å². The number of likely N-dealkylation sites (N-methyl/N-ethyl adjacent to an activating group) is 1. The van der Waals surface area contributed by atoms with Crippen molar-refractivity contribution >= 4 is 11.9 Å². The van der Waals surface area contributed by atoms with E-state index in [1.807, 2.05) is 66.7 Å². The second kappa shape index (κ2) is 8.74. The first-order chi connectivity index (χ1) is 15.1. The van der Waals surface area contributed by atoms with Gasteiger partial charge in [0.1, 0.15) is 6.61 Å². The van der Waals surface area contributed by atoms with E-state index in [9.17, 15) is 14.7 Å². The number of aliphatic carboxylic acids is 1. The fourth-order valence-corrected chi connectivity index (χ4v) is 4.33. The zero-order valence-electron chi connectivity index (χ0n) is 17.4. The number of carboxylic acids is 1. The second-order valence-electron chi connectivity index (χ2n) is 7.77. The molecular formula is C26H25NO4. The molecule has 5 nitrogen and oxygen atoms in total. The van der Waals surface area contributed by atoms with Gasteiger partial charge >= 0.3 is 11.9 Å². The van der Waals surface area contributed by atoms with Gasteiger partial charge in [0.05, 0.1) is 0 Å². The Morgan fingerprint density at radius 2 is 1.45 bits per heavy atom. The van der Waals surface area contributed by atoms with Gasteiger partial charge in [-0.3, -0.25) is 5.32 Å². The van der Waals surface area contributed by atoms with Crippen LogP contribution in [0, 0.1) is 0 Å². The monoisotopic (exact) mass is 415 g/mol. The van der Waals surface area contributed by atoms with E-state index in [4.69, 9.17) is 4.74 Å². The maximum atomic E-state index is 13.1. The van der Waals surface area contributed by atoms with Gasteiger partial charge in [-0.2, -0.15) is 0 Å². The number of carboxylic acid groups (broad SMARTS) is 1. The van der Waals surface area contributed by atoms with Crippen molar-refractivity contribution in [3.05, 3.63) is 95.6 Å². The minimum atomic E-state index is -1.80. The lowest BCUT2D eigenvalue weighted by Crippen LogP contribution is -2.58. The molecule has 0 aromatic heterocycles. The van der Waals surface area contributed by atoms with Gasteiger partial charge in [-0.05, 0) is 47.7 Å². The van der Waals surface area contributed by atoms with E-state index in [0.717, 1.165) is 27.8 Å². The van der Waals surface area contributed by atoms with E-state index < -0.39 is 17.5 Å². The minimum Gasteiger partial charge on any atom is -0.479 e. The summed E-state index contributed by atoms with van der Waals surface area (Å²) in [6, 6.07) is 25.6. The summed E-state index contributed by atoms with van der Waals surface area (Å²) in [7, 11) is 1.49. The molecule has 5 heteroatoms. The highest BCUT2D eigenvalue weighted by molar-refractivity contribution is 6.04. The molecule has 0 bridgehead atoms. The molecule has 1 unspecified atom stereocenters. The third-order valence-corrected chi connectivity index (χ3v) is 6.12. The van der Waals surface area contributed by atoms with Crippen LogP contribution >= 0.6 is 0 Å². The van der Waals surface area contributed by atoms with Crippen molar-refractivity contribution in [3.63, 3.8) is 0 Å². The number of ether oxygens (including phenoxy) is 1. The van der Waals surface area contributed by atoms with Gasteiger partial charge < -0.3 is 9.84 Å². The number of hydrogen-bond donors (Lipinski definition) is 2. The van der Waals surface area contributed by atoms with Crippen LogP contribution in [0.1, 0.15) is 29.0 Å². The topological polar surface area (TPSA) is 75.6 Å². The Balaban J connectivity index is 1.54. The highest BCUT2D eigenvalue weighted by Gasteiger charge is 2.46. The van der Waals surface area contributed by atoms with Crippen LogP contribution in [0.15, 0.2) is 78.9 Å². The minimum absolute atomic E-state index is 0.0922. The van der Waals surface area contributed by atoms with Crippen LogP contribution in [-0.4, -0.2) is 36.2 Å². The zero-order valence-corrected chi connectivity index (χ0v) is 17.4. The predicted molar refractivity (Wildman–Crippen MR) is 119 cm³/mol. The summed E-state index contributed by atoms with van der Waals surface area (Å²) in [4.78, 5) is 25.2. The molecule has 4 rings (SSSR count). The maximum Gasteiger partial charge on any atom is 0.338 e. The van der Waals surface area contributed by atoms with Gasteiger partial charge in [0.2, 0.25) is 5.54 Å².